The molecule has 1 aromatic heterocycles. The third-order valence-electron chi connectivity index (χ3n) is 2.71. The number of nitrogens with zero attached hydrogens (tertiary/aromatic N) is 2. The van der Waals surface area contributed by atoms with E-state index in [1.54, 1.807) is 18.1 Å². The van der Waals surface area contributed by atoms with Gasteiger partial charge in [-0.15, -0.1) is 0 Å². The van der Waals surface area contributed by atoms with Crippen molar-refractivity contribution in [3.63, 3.8) is 0 Å². The number of anilines is 1. The summed E-state index contributed by atoms with van der Waals surface area (Å²) in [6, 6.07) is 5.52. The normalized spacial score (nSPS) is 12.5. The molecule has 1 aromatic rings. The van der Waals surface area contributed by atoms with Crippen LogP contribution in [0.4, 0.5) is 5.82 Å². The van der Waals surface area contributed by atoms with E-state index in [-0.39, 0.29) is 11.8 Å². The summed E-state index contributed by atoms with van der Waals surface area (Å²) in [5.74, 6) is 1.05. The smallest absolute Gasteiger partial charge is 0.232 e. The second-order valence-electron chi connectivity index (χ2n) is 4.65. The fourth-order valence-electron chi connectivity index (χ4n) is 1.81. The highest BCUT2D eigenvalue weighted by Crippen LogP contribution is 2.16. The van der Waals surface area contributed by atoms with Crippen molar-refractivity contribution < 1.29 is 4.79 Å². The second kappa shape index (κ2) is 6.35. The molecule has 94 valence electrons. The summed E-state index contributed by atoms with van der Waals surface area (Å²) in [7, 11) is 1.74. The SMILES string of the molecule is CC(C)CC(CN)C(=O)N(C)c1ccccn1. The maximum atomic E-state index is 12.2. The summed E-state index contributed by atoms with van der Waals surface area (Å²) in [6.07, 6.45) is 2.49. The van der Waals surface area contributed by atoms with Gasteiger partial charge in [0.25, 0.3) is 0 Å². The van der Waals surface area contributed by atoms with Crippen molar-refractivity contribution >= 4 is 11.7 Å². The van der Waals surface area contributed by atoms with Crippen LogP contribution >= 0.6 is 0 Å². The van der Waals surface area contributed by atoms with Crippen LogP contribution in [-0.2, 0) is 4.79 Å². The van der Waals surface area contributed by atoms with Gasteiger partial charge in [0.05, 0.1) is 5.92 Å². The highest BCUT2D eigenvalue weighted by molar-refractivity contribution is 5.93. The molecule has 17 heavy (non-hydrogen) atoms. The Labute approximate surface area is 103 Å². The van der Waals surface area contributed by atoms with Gasteiger partial charge in [0.2, 0.25) is 5.91 Å². The van der Waals surface area contributed by atoms with E-state index >= 15 is 0 Å². The molecule has 1 amide bonds. The summed E-state index contributed by atoms with van der Waals surface area (Å²) >= 11 is 0. The van der Waals surface area contributed by atoms with Crippen LogP contribution < -0.4 is 10.6 Å². The van der Waals surface area contributed by atoms with E-state index in [0.29, 0.717) is 18.3 Å². The summed E-state index contributed by atoms with van der Waals surface area (Å²) in [5.41, 5.74) is 5.67. The van der Waals surface area contributed by atoms with Crippen molar-refractivity contribution in [1.29, 1.82) is 0 Å². The average molecular weight is 235 g/mol. The number of carbonyl (C=O) groups is 1. The number of aromatic nitrogens is 1. The van der Waals surface area contributed by atoms with E-state index in [0.717, 1.165) is 6.42 Å². The van der Waals surface area contributed by atoms with E-state index in [1.165, 1.54) is 0 Å². The van der Waals surface area contributed by atoms with Crippen molar-refractivity contribution in [1.82, 2.24) is 4.98 Å². The lowest BCUT2D eigenvalue weighted by Gasteiger charge is -2.23. The van der Waals surface area contributed by atoms with E-state index in [2.05, 4.69) is 18.8 Å². The lowest BCUT2D eigenvalue weighted by molar-refractivity contribution is -0.122. The van der Waals surface area contributed by atoms with Gasteiger partial charge in [-0.2, -0.15) is 0 Å². The van der Waals surface area contributed by atoms with Gasteiger partial charge in [-0.25, -0.2) is 4.98 Å². The number of amides is 1. The van der Waals surface area contributed by atoms with Crippen LogP contribution in [0, 0.1) is 11.8 Å². The molecule has 1 heterocycles. The van der Waals surface area contributed by atoms with Crippen LogP contribution in [0.15, 0.2) is 24.4 Å². The average Bonchev–Trinajstić information content (AvgIpc) is 2.35. The Kier molecular flexibility index (Phi) is 5.10. The number of carbonyl (C=O) groups excluding carboxylic acids is 1. The molecule has 4 heteroatoms. The standard InChI is InChI=1S/C13H21N3O/c1-10(2)8-11(9-14)13(17)16(3)12-6-4-5-7-15-12/h4-7,10-11H,8-9,14H2,1-3H3. The Bertz CT molecular complexity index is 351. The predicted octanol–water partition coefficient (Wildman–Crippen LogP) is 1.67. The van der Waals surface area contributed by atoms with E-state index in [1.807, 2.05) is 18.2 Å². The molecule has 0 aliphatic carbocycles. The van der Waals surface area contributed by atoms with Crippen LogP contribution in [0.3, 0.4) is 0 Å². The van der Waals surface area contributed by atoms with Crippen molar-refractivity contribution in [2.24, 2.45) is 17.6 Å². The molecule has 0 aliphatic rings. The first-order chi connectivity index (χ1) is 8.06. The van der Waals surface area contributed by atoms with Crippen molar-refractivity contribution in [3.05, 3.63) is 24.4 Å². The van der Waals surface area contributed by atoms with Crippen LogP contribution in [0.25, 0.3) is 0 Å². The number of pyridine rings is 1. The van der Waals surface area contributed by atoms with Crippen molar-refractivity contribution in [2.75, 3.05) is 18.5 Å². The van der Waals surface area contributed by atoms with Gasteiger partial charge < -0.3 is 5.73 Å². The van der Waals surface area contributed by atoms with Crippen LogP contribution in [0.1, 0.15) is 20.3 Å². The third kappa shape index (κ3) is 3.82. The molecule has 0 aromatic carbocycles. The minimum absolute atomic E-state index is 0.0416. The zero-order chi connectivity index (χ0) is 12.8. The quantitative estimate of drug-likeness (QED) is 0.844. The first-order valence-corrected chi connectivity index (χ1v) is 5.95. The molecule has 1 rings (SSSR count). The molecule has 0 fully saturated rings. The summed E-state index contributed by atoms with van der Waals surface area (Å²) in [5, 5.41) is 0. The van der Waals surface area contributed by atoms with Gasteiger partial charge >= 0.3 is 0 Å². The molecular formula is C13H21N3O. The maximum Gasteiger partial charge on any atom is 0.232 e. The van der Waals surface area contributed by atoms with E-state index in [4.69, 9.17) is 5.73 Å². The lowest BCUT2D eigenvalue weighted by atomic mass is 9.96. The van der Waals surface area contributed by atoms with Gasteiger partial charge in [0.15, 0.2) is 0 Å². The number of hydrogen-bond acceptors (Lipinski definition) is 3. The summed E-state index contributed by atoms with van der Waals surface area (Å²) in [6.45, 7) is 4.57. The van der Waals surface area contributed by atoms with Crippen LogP contribution in [-0.4, -0.2) is 24.5 Å². The predicted molar refractivity (Wildman–Crippen MR) is 69.6 cm³/mol. The topological polar surface area (TPSA) is 59.2 Å². The number of nitrogens with two attached hydrogens (primary N) is 1. The maximum absolute atomic E-state index is 12.2. The van der Waals surface area contributed by atoms with Gasteiger partial charge in [-0.3, -0.25) is 9.69 Å². The van der Waals surface area contributed by atoms with E-state index in [9.17, 15) is 4.79 Å². The van der Waals surface area contributed by atoms with Gasteiger partial charge in [-0.05, 0) is 24.5 Å². The molecule has 0 aliphatic heterocycles. The molecule has 1 atom stereocenters. The zero-order valence-corrected chi connectivity index (χ0v) is 10.8. The summed E-state index contributed by atoms with van der Waals surface area (Å²) in [4.78, 5) is 18.0. The molecule has 0 saturated carbocycles. The molecule has 0 spiro atoms. The molecular weight excluding hydrogens is 214 g/mol. The molecule has 0 radical (unpaired) electrons. The molecule has 2 N–H and O–H groups in total. The first kappa shape index (κ1) is 13.6. The largest absolute Gasteiger partial charge is 0.330 e. The lowest BCUT2D eigenvalue weighted by Crippen LogP contribution is -2.37. The molecule has 1 unspecified atom stereocenters. The van der Waals surface area contributed by atoms with Crippen molar-refractivity contribution in [2.45, 2.75) is 20.3 Å². The van der Waals surface area contributed by atoms with Crippen LogP contribution in [0.5, 0.6) is 0 Å². The number of hydrogen-bond donors (Lipinski definition) is 1. The summed E-state index contributed by atoms with van der Waals surface area (Å²) < 4.78 is 0. The molecule has 0 bridgehead atoms. The first-order valence-electron chi connectivity index (χ1n) is 5.95. The molecule has 0 saturated heterocycles. The van der Waals surface area contributed by atoms with Gasteiger partial charge in [0.1, 0.15) is 5.82 Å². The zero-order valence-electron chi connectivity index (χ0n) is 10.8. The monoisotopic (exact) mass is 235 g/mol. The fourth-order valence-corrected chi connectivity index (χ4v) is 1.81. The second-order valence-corrected chi connectivity index (χ2v) is 4.65. The minimum atomic E-state index is -0.123. The molecule has 4 nitrogen and oxygen atoms in total. The van der Waals surface area contributed by atoms with Gasteiger partial charge in [-0.1, -0.05) is 19.9 Å². The Morgan fingerprint density at radius 2 is 2.18 bits per heavy atom. The third-order valence-corrected chi connectivity index (χ3v) is 2.71. The van der Waals surface area contributed by atoms with Crippen molar-refractivity contribution in [3.8, 4) is 0 Å². The number of rotatable bonds is 5. The fraction of sp³-hybridized carbons (Fsp3) is 0.538. The Balaban J connectivity index is 2.74. The van der Waals surface area contributed by atoms with Gasteiger partial charge in [0, 0.05) is 19.8 Å². The Morgan fingerprint density at radius 3 is 2.65 bits per heavy atom. The Hall–Kier alpha value is -1.42. The van der Waals surface area contributed by atoms with Crippen LogP contribution in [0.2, 0.25) is 0 Å². The minimum Gasteiger partial charge on any atom is -0.330 e. The highest BCUT2D eigenvalue weighted by Gasteiger charge is 2.22. The highest BCUT2D eigenvalue weighted by atomic mass is 16.2. The van der Waals surface area contributed by atoms with E-state index < -0.39 is 0 Å². The Morgan fingerprint density at radius 1 is 1.47 bits per heavy atom.